The SMILES string of the molecule is CCCCOc1ccc(NC(=O)c2c(NC(C)=O)sc3c2CC[C@@H](C)C3)cc1. The number of unbranched alkanes of at least 4 members (excludes halogenated alkanes) is 1. The second-order valence-corrected chi connectivity index (χ2v) is 8.52. The minimum absolute atomic E-state index is 0.158. The molecule has 0 aliphatic heterocycles. The first-order chi connectivity index (χ1) is 13.5. The van der Waals surface area contributed by atoms with Gasteiger partial charge in [0, 0.05) is 17.5 Å². The van der Waals surface area contributed by atoms with Crippen molar-refractivity contribution < 1.29 is 14.3 Å². The smallest absolute Gasteiger partial charge is 0.258 e. The molecule has 0 radical (unpaired) electrons. The summed E-state index contributed by atoms with van der Waals surface area (Å²) in [6.07, 6.45) is 5.01. The van der Waals surface area contributed by atoms with E-state index >= 15 is 0 Å². The van der Waals surface area contributed by atoms with E-state index in [4.69, 9.17) is 4.74 Å². The lowest BCUT2D eigenvalue weighted by Crippen LogP contribution is -2.18. The first kappa shape index (κ1) is 20.4. The van der Waals surface area contributed by atoms with E-state index in [0.717, 1.165) is 43.4 Å². The van der Waals surface area contributed by atoms with E-state index in [1.807, 2.05) is 24.3 Å². The van der Waals surface area contributed by atoms with E-state index in [-0.39, 0.29) is 11.8 Å². The van der Waals surface area contributed by atoms with Crippen molar-refractivity contribution >= 4 is 33.8 Å². The Morgan fingerprint density at radius 2 is 1.96 bits per heavy atom. The molecule has 150 valence electrons. The van der Waals surface area contributed by atoms with Crippen molar-refractivity contribution in [3.8, 4) is 5.75 Å². The molecular formula is C22H28N2O3S. The predicted octanol–water partition coefficient (Wildman–Crippen LogP) is 5.26. The maximum Gasteiger partial charge on any atom is 0.258 e. The quantitative estimate of drug-likeness (QED) is 0.623. The summed E-state index contributed by atoms with van der Waals surface area (Å²) in [6.45, 7) is 6.52. The summed E-state index contributed by atoms with van der Waals surface area (Å²) in [6, 6.07) is 7.42. The van der Waals surface area contributed by atoms with Gasteiger partial charge in [-0.3, -0.25) is 9.59 Å². The zero-order valence-electron chi connectivity index (χ0n) is 16.8. The van der Waals surface area contributed by atoms with E-state index < -0.39 is 0 Å². The van der Waals surface area contributed by atoms with Gasteiger partial charge in [0.15, 0.2) is 0 Å². The molecule has 0 saturated heterocycles. The summed E-state index contributed by atoms with van der Waals surface area (Å²) in [5.74, 6) is 1.07. The van der Waals surface area contributed by atoms with Gasteiger partial charge in [0.1, 0.15) is 10.8 Å². The zero-order valence-corrected chi connectivity index (χ0v) is 17.6. The molecule has 2 aromatic rings. The van der Waals surface area contributed by atoms with Crippen molar-refractivity contribution in [3.05, 3.63) is 40.3 Å². The molecule has 0 fully saturated rings. The highest BCUT2D eigenvalue weighted by molar-refractivity contribution is 7.17. The summed E-state index contributed by atoms with van der Waals surface area (Å²) in [5.41, 5.74) is 2.42. The first-order valence-corrected chi connectivity index (χ1v) is 10.8. The number of hydrogen-bond acceptors (Lipinski definition) is 4. The number of carbonyl (C=O) groups is 2. The third-order valence-corrected chi connectivity index (χ3v) is 6.08. The van der Waals surface area contributed by atoms with Crippen LogP contribution in [-0.4, -0.2) is 18.4 Å². The van der Waals surface area contributed by atoms with Gasteiger partial charge in [-0.05, 0) is 61.4 Å². The number of fused-ring (bicyclic) bond motifs is 1. The van der Waals surface area contributed by atoms with Crippen LogP contribution in [0.1, 0.15) is 60.8 Å². The maximum atomic E-state index is 13.0. The van der Waals surface area contributed by atoms with E-state index in [1.54, 1.807) is 0 Å². The van der Waals surface area contributed by atoms with Gasteiger partial charge >= 0.3 is 0 Å². The third kappa shape index (κ3) is 4.93. The number of benzene rings is 1. The van der Waals surface area contributed by atoms with E-state index in [0.29, 0.717) is 28.8 Å². The molecule has 0 bridgehead atoms. The molecular weight excluding hydrogens is 372 g/mol. The molecule has 2 N–H and O–H groups in total. The normalized spacial score (nSPS) is 15.6. The van der Waals surface area contributed by atoms with Crippen LogP contribution in [0.25, 0.3) is 0 Å². The van der Waals surface area contributed by atoms with Crippen molar-refractivity contribution in [3.63, 3.8) is 0 Å². The third-order valence-electron chi connectivity index (χ3n) is 4.91. The Hall–Kier alpha value is -2.34. The van der Waals surface area contributed by atoms with Gasteiger partial charge in [-0.25, -0.2) is 0 Å². The van der Waals surface area contributed by atoms with Crippen molar-refractivity contribution in [1.29, 1.82) is 0 Å². The maximum absolute atomic E-state index is 13.0. The molecule has 1 aromatic carbocycles. The van der Waals surface area contributed by atoms with Crippen LogP contribution in [-0.2, 0) is 17.6 Å². The first-order valence-electron chi connectivity index (χ1n) is 9.94. The van der Waals surface area contributed by atoms with Crippen LogP contribution >= 0.6 is 11.3 Å². The van der Waals surface area contributed by atoms with Gasteiger partial charge in [0.25, 0.3) is 5.91 Å². The van der Waals surface area contributed by atoms with Gasteiger partial charge in [-0.2, -0.15) is 0 Å². The second kappa shape index (κ2) is 9.24. The van der Waals surface area contributed by atoms with E-state index in [2.05, 4.69) is 24.5 Å². The van der Waals surface area contributed by atoms with Crippen LogP contribution in [0.3, 0.4) is 0 Å². The van der Waals surface area contributed by atoms with Gasteiger partial charge in [0.2, 0.25) is 5.91 Å². The number of carbonyl (C=O) groups excluding carboxylic acids is 2. The average molecular weight is 401 g/mol. The Bertz CT molecular complexity index is 842. The highest BCUT2D eigenvalue weighted by atomic mass is 32.1. The fraction of sp³-hybridized carbons (Fsp3) is 0.455. The molecule has 1 aliphatic carbocycles. The predicted molar refractivity (Wildman–Crippen MR) is 115 cm³/mol. The van der Waals surface area contributed by atoms with Gasteiger partial charge in [-0.15, -0.1) is 11.3 Å². The summed E-state index contributed by atoms with van der Waals surface area (Å²) in [7, 11) is 0. The Kier molecular flexibility index (Phi) is 6.73. The van der Waals surface area contributed by atoms with Crippen LogP contribution < -0.4 is 15.4 Å². The molecule has 0 unspecified atom stereocenters. The Labute approximate surface area is 170 Å². The van der Waals surface area contributed by atoms with Crippen LogP contribution in [0.4, 0.5) is 10.7 Å². The zero-order chi connectivity index (χ0) is 20.1. The summed E-state index contributed by atoms with van der Waals surface area (Å²) in [4.78, 5) is 25.9. The topological polar surface area (TPSA) is 67.4 Å². The van der Waals surface area contributed by atoms with Crippen LogP contribution in [0.2, 0.25) is 0 Å². The molecule has 5 nitrogen and oxygen atoms in total. The van der Waals surface area contributed by atoms with Crippen molar-refractivity contribution in [2.24, 2.45) is 5.92 Å². The number of hydrogen-bond donors (Lipinski definition) is 2. The summed E-state index contributed by atoms with van der Waals surface area (Å²) < 4.78 is 5.67. The van der Waals surface area contributed by atoms with E-state index in [1.165, 1.54) is 23.1 Å². The molecule has 6 heteroatoms. The molecule has 1 aliphatic rings. The highest BCUT2D eigenvalue weighted by Crippen LogP contribution is 2.40. The number of rotatable bonds is 7. The van der Waals surface area contributed by atoms with E-state index in [9.17, 15) is 9.59 Å². The fourth-order valence-electron chi connectivity index (χ4n) is 3.40. The molecule has 2 amide bonds. The summed E-state index contributed by atoms with van der Waals surface area (Å²) >= 11 is 1.53. The second-order valence-electron chi connectivity index (χ2n) is 7.42. The molecule has 0 spiro atoms. The molecule has 0 saturated carbocycles. The minimum Gasteiger partial charge on any atom is -0.494 e. The fourth-order valence-corrected chi connectivity index (χ4v) is 4.86. The minimum atomic E-state index is -0.171. The van der Waals surface area contributed by atoms with Gasteiger partial charge in [-0.1, -0.05) is 20.3 Å². The van der Waals surface area contributed by atoms with Crippen molar-refractivity contribution in [1.82, 2.24) is 0 Å². The van der Waals surface area contributed by atoms with Crippen LogP contribution in [0, 0.1) is 5.92 Å². The molecule has 28 heavy (non-hydrogen) atoms. The molecule has 1 atom stereocenters. The highest BCUT2D eigenvalue weighted by Gasteiger charge is 2.28. The lowest BCUT2D eigenvalue weighted by Gasteiger charge is -2.18. The van der Waals surface area contributed by atoms with Gasteiger partial charge in [0.05, 0.1) is 12.2 Å². The standard InChI is InChI=1S/C22H28N2O3S/c1-4-5-12-27-17-9-7-16(8-10-17)24-21(26)20-18-11-6-14(2)13-19(18)28-22(20)23-15(3)25/h7-10,14H,4-6,11-13H2,1-3H3,(H,23,25)(H,24,26)/t14-/m1/s1. The van der Waals surface area contributed by atoms with Crippen LogP contribution in [0.15, 0.2) is 24.3 Å². The lowest BCUT2D eigenvalue weighted by atomic mass is 9.88. The van der Waals surface area contributed by atoms with Gasteiger partial charge < -0.3 is 15.4 Å². The molecule has 1 aromatic heterocycles. The lowest BCUT2D eigenvalue weighted by molar-refractivity contribution is -0.114. The number of thiophene rings is 1. The Morgan fingerprint density at radius 3 is 2.64 bits per heavy atom. The van der Waals surface area contributed by atoms with Crippen molar-refractivity contribution in [2.75, 3.05) is 17.2 Å². The Balaban J connectivity index is 1.77. The number of ether oxygens (including phenoxy) is 1. The largest absolute Gasteiger partial charge is 0.494 e. The Morgan fingerprint density at radius 1 is 1.21 bits per heavy atom. The van der Waals surface area contributed by atoms with Crippen molar-refractivity contribution in [2.45, 2.75) is 52.9 Å². The monoisotopic (exact) mass is 400 g/mol. The number of anilines is 2. The molecule has 1 heterocycles. The number of nitrogens with one attached hydrogen (secondary N) is 2. The molecule has 3 rings (SSSR count). The average Bonchev–Trinajstić information content (AvgIpc) is 2.99. The van der Waals surface area contributed by atoms with Crippen LogP contribution in [0.5, 0.6) is 5.75 Å². The number of amides is 2. The summed E-state index contributed by atoms with van der Waals surface area (Å²) in [5, 5.41) is 6.48.